The van der Waals surface area contributed by atoms with Gasteiger partial charge in [0.2, 0.25) is 0 Å². The van der Waals surface area contributed by atoms with Gasteiger partial charge in [0.05, 0.1) is 0 Å². The van der Waals surface area contributed by atoms with E-state index < -0.39 is 8.80 Å². The second kappa shape index (κ2) is 29.6. The molecule has 0 spiro atoms. The molecule has 0 aromatic carbocycles. The summed E-state index contributed by atoms with van der Waals surface area (Å²) in [5.41, 5.74) is 0. The van der Waals surface area contributed by atoms with Gasteiger partial charge in [-0.15, -0.1) is 0 Å². The molecule has 218 valence electrons. The molecule has 0 radical (unpaired) electrons. The quantitative estimate of drug-likeness (QED) is 0.0716. The molecule has 0 aromatic rings. The lowest BCUT2D eigenvalue weighted by atomic mass is 10.0. The van der Waals surface area contributed by atoms with Crippen molar-refractivity contribution in [1.29, 1.82) is 0 Å². The van der Waals surface area contributed by atoms with E-state index in [9.17, 15) is 0 Å². The van der Waals surface area contributed by atoms with E-state index in [0.29, 0.717) is 19.8 Å². The van der Waals surface area contributed by atoms with E-state index in [0.717, 1.165) is 45.2 Å². The van der Waals surface area contributed by atoms with Crippen molar-refractivity contribution in [2.45, 2.75) is 149 Å². The van der Waals surface area contributed by atoms with Crippen LogP contribution in [0.15, 0.2) is 0 Å². The second-order valence-electron chi connectivity index (χ2n) is 10.1. The molecule has 0 atom stereocenters. The number of nitrogens with one attached hydrogen (secondary N) is 1. The molecule has 36 heavy (non-hydrogen) atoms. The molecular weight excluding hydrogens is 466 g/mol. The minimum atomic E-state index is -2.51. The highest BCUT2D eigenvalue weighted by atomic mass is 28.4. The number of rotatable bonds is 31. The van der Waals surface area contributed by atoms with Crippen LogP contribution in [0.5, 0.6) is 0 Å². The molecule has 5 nitrogen and oxygen atoms in total. The zero-order valence-electron chi connectivity index (χ0n) is 25.0. The first-order chi connectivity index (χ1) is 17.7. The van der Waals surface area contributed by atoms with Gasteiger partial charge in [-0.1, -0.05) is 103 Å². The van der Waals surface area contributed by atoms with Crippen LogP contribution < -0.4 is 5.32 Å². The predicted molar refractivity (Wildman–Crippen MR) is 158 cm³/mol. The fourth-order valence-electron chi connectivity index (χ4n) is 4.72. The standard InChI is InChI=1S/C30H65NO4Si/c1-5-9-10-11-12-13-14-15-16-17-18-19-20-21-22-23-26-31-27-24-28-32-29-25-30-36(33-6-2,34-7-3)35-8-4/h31H,5-30H2,1-4H3. The van der Waals surface area contributed by atoms with Crippen LogP contribution in [-0.2, 0) is 18.0 Å². The van der Waals surface area contributed by atoms with Crippen LogP contribution in [0.2, 0.25) is 6.04 Å². The Morgan fingerprint density at radius 3 is 1.28 bits per heavy atom. The molecule has 0 heterocycles. The van der Waals surface area contributed by atoms with Crippen molar-refractivity contribution in [3.63, 3.8) is 0 Å². The Balaban J connectivity index is 3.30. The van der Waals surface area contributed by atoms with Crippen LogP contribution in [-0.4, -0.2) is 54.9 Å². The third-order valence-electron chi connectivity index (χ3n) is 6.71. The minimum Gasteiger partial charge on any atom is -0.381 e. The summed E-state index contributed by atoms with van der Waals surface area (Å²) in [6.07, 6.45) is 24.8. The number of unbranched alkanes of at least 4 members (excludes halogenated alkanes) is 15. The fraction of sp³-hybridized carbons (Fsp3) is 1.00. The van der Waals surface area contributed by atoms with Gasteiger partial charge in [0.1, 0.15) is 0 Å². The second-order valence-corrected chi connectivity index (χ2v) is 12.8. The van der Waals surface area contributed by atoms with Gasteiger partial charge in [-0.25, -0.2) is 0 Å². The molecule has 0 saturated carbocycles. The first-order valence-corrected chi connectivity index (χ1v) is 17.9. The lowest BCUT2D eigenvalue weighted by molar-refractivity contribution is 0.0658. The smallest absolute Gasteiger partial charge is 0.381 e. The zero-order chi connectivity index (χ0) is 26.4. The van der Waals surface area contributed by atoms with Gasteiger partial charge in [-0.05, 0) is 53.1 Å². The summed E-state index contributed by atoms with van der Waals surface area (Å²) in [7, 11) is -2.51. The van der Waals surface area contributed by atoms with Crippen LogP contribution >= 0.6 is 0 Å². The van der Waals surface area contributed by atoms with Gasteiger partial charge in [0.15, 0.2) is 0 Å². The predicted octanol–water partition coefficient (Wildman–Crippen LogP) is 8.68. The van der Waals surface area contributed by atoms with Gasteiger partial charge in [0.25, 0.3) is 0 Å². The van der Waals surface area contributed by atoms with E-state index in [-0.39, 0.29) is 0 Å². The summed E-state index contributed by atoms with van der Waals surface area (Å²) in [6, 6.07) is 0.833. The summed E-state index contributed by atoms with van der Waals surface area (Å²) >= 11 is 0. The molecular formula is C30H65NO4Si. The molecule has 6 heteroatoms. The zero-order valence-corrected chi connectivity index (χ0v) is 26.0. The summed E-state index contributed by atoms with van der Waals surface area (Å²) < 4.78 is 23.5. The Bertz CT molecular complexity index is 397. The lowest BCUT2D eigenvalue weighted by Gasteiger charge is -2.28. The molecule has 0 amide bonds. The van der Waals surface area contributed by atoms with E-state index in [4.69, 9.17) is 18.0 Å². The highest BCUT2D eigenvalue weighted by molar-refractivity contribution is 6.60. The van der Waals surface area contributed by atoms with E-state index in [2.05, 4.69) is 12.2 Å². The van der Waals surface area contributed by atoms with Gasteiger partial charge in [-0.3, -0.25) is 0 Å². The Labute approximate surface area is 227 Å². The highest BCUT2D eigenvalue weighted by Crippen LogP contribution is 2.18. The van der Waals surface area contributed by atoms with Crippen molar-refractivity contribution in [2.75, 3.05) is 46.1 Å². The lowest BCUT2D eigenvalue weighted by Crippen LogP contribution is -2.46. The molecule has 0 unspecified atom stereocenters. The Morgan fingerprint density at radius 1 is 0.444 bits per heavy atom. The fourth-order valence-corrected chi connectivity index (χ4v) is 7.30. The van der Waals surface area contributed by atoms with E-state index in [1.165, 1.54) is 103 Å². The van der Waals surface area contributed by atoms with Crippen LogP contribution in [0.1, 0.15) is 143 Å². The molecule has 0 bridgehead atoms. The van der Waals surface area contributed by atoms with E-state index in [1.807, 2.05) is 20.8 Å². The Morgan fingerprint density at radius 2 is 0.833 bits per heavy atom. The summed E-state index contributed by atoms with van der Waals surface area (Å²) in [6.45, 7) is 14.0. The van der Waals surface area contributed by atoms with Crippen molar-refractivity contribution in [3.05, 3.63) is 0 Å². The molecule has 0 aliphatic heterocycles. The number of hydrogen-bond donors (Lipinski definition) is 1. The first-order valence-electron chi connectivity index (χ1n) is 15.9. The number of ether oxygens (including phenoxy) is 1. The van der Waals surface area contributed by atoms with Crippen molar-refractivity contribution in [2.24, 2.45) is 0 Å². The van der Waals surface area contributed by atoms with Crippen LogP contribution in [0.4, 0.5) is 0 Å². The number of hydrogen-bond acceptors (Lipinski definition) is 5. The molecule has 0 fully saturated rings. The molecule has 0 saturated heterocycles. The maximum Gasteiger partial charge on any atom is 0.501 e. The van der Waals surface area contributed by atoms with Crippen molar-refractivity contribution >= 4 is 8.80 Å². The van der Waals surface area contributed by atoms with Crippen molar-refractivity contribution < 1.29 is 18.0 Å². The van der Waals surface area contributed by atoms with Crippen LogP contribution in [0.25, 0.3) is 0 Å². The average molecular weight is 532 g/mol. The van der Waals surface area contributed by atoms with Gasteiger partial charge in [0, 0.05) is 39.1 Å². The Kier molecular flexibility index (Phi) is 29.6. The summed E-state index contributed by atoms with van der Waals surface area (Å²) in [5.74, 6) is 0. The monoisotopic (exact) mass is 531 g/mol. The Hall–Kier alpha value is 0.0169. The van der Waals surface area contributed by atoms with Gasteiger partial charge < -0.3 is 23.3 Å². The van der Waals surface area contributed by atoms with E-state index in [1.54, 1.807) is 0 Å². The summed E-state index contributed by atoms with van der Waals surface area (Å²) in [4.78, 5) is 0. The molecule has 0 rings (SSSR count). The SMILES string of the molecule is CCCCCCCCCCCCCCCCCCNCCCOCCC[Si](OCC)(OCC)OCC. The first kappa shape index (κ1) is 36.0. The third kappa shape index (κ3) is 24.4. The van der Waals surface area contributed by atoms with Crippen LogP contribution in [0, 0.1) is 0 Å². The molecule has 1 N–H and O–H groups in total. The van der Waals surface area contributed by atoms with Crippen molar-refractivity contribution in [3.8, 4) is 0 Å². The van der Waals surface area contributed by atoms with Gasteiger partial charge >= 0.3 is 8.80 Å². The molecule has 0 aromatic heterocycles. The molecule has 0 aliphatic rings. The van der Waals surface area contributed by atoms with Gasteiger partial charge in [-0.2, -0.15) is 0 Å². The van der Waals surface area contributed by atoms with Crippen LogP contribution in [0.3, 0.4) is 0 Å². The maximum absolute atomic E-state index is 5.89. The molecule has 0 aliphatic carbocycles. The summed E-state index contributed by atoms with van der Waals surface area (Å²) in [5, 5.41) is 3.57. The van der Waals surface area contributed by atoms with Crippen molar-refractivity contribution in [1.82, 2.24) is 5.32 Å². The topological polar surface area (TPSA) is 49.0 Å². The maximum atomic E-state index is 5.89. The minimum absolute atomic E-state index is 0.637. The average Bonchev–Trinajstić information content (AvgIpc) is 2.87. The normalized spacial score (nSPS) is 12.0. The highest BCUT2D eigenvalue weighted by Gasteiger charge is 2.39. The third-order valence-corrected chi connectivity index (χ3v) is 9.87. The largest absolute Gasteiger partial charge is 0.501 e. The van der Waals surface area contributed by atoms with E-state index >= 15 is 0 Å².